The summed E-state index contributed by atoms with van der Waals surface area (Å²) in [6.07, 6.45) is 14.0. The number of carbonyl (C=O) groups excluding carboxylic acids is 7. The standard InChI is InChI=1S/C11H8ClNO.C11H6ClNO.C11H6FNO.2C11H9NO2.C6H5F3O2.C6H6N4.C5H5N3O2.C5H5NO2.C5H6O3.C4H6O.4C2H4O2.Cl3OP.Pb/c3*12-11-8-4-2-1-3-7(8)10-9(13-11)5-6-14-10;2*13-11-8-4-2-1-3-7(8)10-9(12-11)5-6-14-10;7-6(8,9)5(10)4-1-2-11-3-4;7-10-6-4-2-1-3-5(6)8-9-10;6-8-7-5(9)4-1-2-10-3-4;7-4-6-5-1-2-8-3-5;6-5(7)4-1-2-8-3-4;1-2-4-5-3-1;4*1-2(3)4;1-5(2,3)4;/h1-4H,5-6H2;2*1-6H;2*1-4H,5-6H2,(H,12,13);3H,1-2H2;1-4H,7H2;3H,1-2H2;3H,1-2H2;3H,1-2H2,(H,6,7);1,3H,2,4H2;4*1H3,(H,3,4);;/q;;;;;;;;;;;;;;;;+4/p-4. The number of Topliss-reactive ketones (excluding diaryl/α,β-unsaturated/α-hetero) is 1. The number of nitrogens with two attached hydrogens (primary N) is 1. The second-order valence-electron chi connectivity index (χ2n) is 29.5. The first kappa shape index (κ1) is 111. The number of alkyl halides is 3. The molecule has 0 bridgehead atoms. The Morgan fingerprint density at radius 1 is 0.521 bits per heavy atom. The van der Waals surface area contributed by atoms with Gasteiger partial charge in [-0.25, -0.2) is 24.5 Å². The molecule has 14 aromatic rings. The number of carbonyl (C=O) groups is 7. The number of ketones is 1. The molecule has 0 atom stereocenters. The van der Waals surface area contributed by atoms with Gasteiger partial charge in [-0.1, -0.05) is 138 Å². The van der Waals surface area contributed by atoms with Gasteiger partial charge in [0.1, 0.15) is 55.9 Å². The summed E-state index contributed by atoms with van der Waals surface area (Å²) in [4.78, 5) is 132. The maximum absolute atomic E-state index is 13.4. The summed E-state index contributed by atoms with van der Waals surface area (Å²) in [6.45, 7) is 8.78. The van der Waals surface area contributed by atoms with Crippen molar-refractivity contribution in [3.63, 3.8) is 0 Å². The van der Waals surface area contributed by atoms with Crippen molar-refractivity contribution < 1.29 is 123 Å². The van der Waals surface area contributed by atoms with Crippen LogP contribution in [0.5, 0.6) is 17.2 Å². The number of isocyanates is 1. The number of para-hydroxylation sites is 1. The summed E-state index contributed by atoms with van der Waals surface area (Å²) in [5.41, 5.74) is 16.3. The number of hydrogen-bond acceptors (Lipinski definition) is 32. The van der Waals surface area contributed by atoms with Gasteiger partial charge in [-0.15, -0.1) is 5.10 Å². The average molecular weight is 2300 g/mol. The summed E-state index contributed by atoms with van der Waals surface area (Å²) >= 11 is 20.5. The van der Waals surface area contributed by atoms with Gasteiger partial charge in [0.15, 0.2) is 11.2 Å². The number of fused-ring (bicyclic) bond motifs is 16. The van der Waals surface area contributed by atoms with E-state index in [2.05, 4.69) is 104 Å². The number of azide groups is 1. The fourth-order valence-corrected chi connectivity index (χ4v) is 20.3. The van der Waals surface area contributed by atoms with Gasteiger partial charge < -0.3 is 67.6 Å². The predicted molar refractivity (Wildman–Crippen MR) is 522 cm³/mol. The molecule has 8 aliphatic heterocycles. The van der Waals surface area contributed by atoms with Gasteiger partial charge in [-0.3, -0.25) is 23.7 Å². The molecule has 50 heteroatoms. The molecule has 39 nitrogen and oxygen atoms in total. The molecule has 0 fully saturated rings. The van der Waals surface area contributed by atoms with Gasteiger partial charge >= 0.3 is 122 Å². The van der Waals surface area contributed by atoms with Crippen LogP contribution in [0.2, 0.25) is 10.3 Å². The van der Waals surface area contributed by atoms with Gasteiger partial charge in [0.25, 0.3) is 16.9 Å². The van der Waals surface area contributed by atoms with Gasteiger partial charge in [-0.05, 0) is 86.0 Å². The van der Waals surface area contributed by atoms with Crippen molar-refractivity contribution in [1.82, 2.24) is 40.0 Å². The van der Waals surface area contributed by atoms with E-state index in [1.165, 1.54) is 35.9 Å². The minimum Gasteiger partial charge on any atom is -0.500 e. The molecule has 8 aromatic heterocycles. The molecule has 16 heterocycles. The number of carboxylic acids is 1. The number of nitrogens with one attached hydrogen (secondary N) is 2. The van der Waals surface area contributed by atoms with E-state index in [1.54, 1.807) is 30.7 Å². The van der Waals surface area contributed by atoms with Crippen molar-refractivity contribution in [3.8, 4) is 17.2 Å². The number of pyridine rings is 5. The van der Waals surface area contributed by atoms with Crippen LogP contribution in [-0.2, 0) is 96.6 Å². The fourth-order valence-electron chi connectivity index (χ4n) is 13.4. The van der Waals surface area contributed by atoms with E-state index in [4.69, 9.17) is 76.9 Å². The molecule has 0 saturated heterocycles. The summed E-state index contributed by atoms with van der Waals surface area (Å²) in [7, 11) is 0. The number of aliphatic carboxylic acids is 1. The molecule has 0 spiro atoms. The van der Waals surface area contributed by atoms with E-state index in [-0.39, 0.29) is 29.7 Å². The first-order valence-corrected chi connectivity index (χ1v) is 54.1. The number of aromatic nitrogens is 8. The molecule has 0 unspecified atom stereocenters. The Kier molecular flexibility index (Phi) is 41.9. The number of amides is 1. The quantitative estimate of drug-likeness (QED) is 0.0105. The third-order valence-corrected chi connectivity index (χ3v) is 28.3. The number of rotatable bonds is 8. The third-order valence-electron chi connectivity index (χ3n) is 19.4. The molecule has 144 heavy (non-hydrogen) atoms. The Morgan fingerprint density at radius 2 is 0.938 bits per heavy atom. The number of halogens is 9. The van der Waals surface area contributed by atoms with E-state index in [0.29, 0.717) is 107 Å². The number of aliphatic imine (C=N–C) groups is 1. The minimum absolute atomic E-state index is 0.0233. The molecule has 0 saturated carbocycles. The molecule has 6 aromatic carbocycles. The number of carboxylic acid groups (broad SMARTS) is 1. The number of nitrogen functional groups attached to an aromatic ring is 1. The van der Waals surface area contributed by atoms with Crippen molar-refractivity contribution in [3.05, 3.63) is 295 Å². The van der Waals surface area contributed by atoms with Crippen molar-refractivity contribution in [1.29, 1.82) is 0 Å². The summed E-state index contributed by atoms with van der Waals surface area (Å²) in [5, 5.41) is 25.0. The minimum atomic E-state index is -5.43. The smallest absolute Gasteiger partial charge is 0.454 e. The van der Waals surface area contributed by atoms with Gasteiger partial charge in [-0.2, -0.15) is 27.3 Å². The summed E-state index contributed by atoms with van der Waals surface area (Å²) in [6, 6.07) is 48.9. The monoisotopic (exact) mass is 2300 g/mol. The molecular formula is C94H83Cl5F4N13O26PPb. The second-order valence-corrected chi connectivity index (χ2v) is 43.9. The zero-order chi connectivity index (χ0) is 104. The van der Waals surface area contributed by atoms with Crippen LogP contribution >= 0.6 is 62.1 Å². The number of H-pyrrole nitrogens is 2. The van der Waals surface area contributed by atoms with Crippen LogP contribution in [0.15, 0.2) is 259 Å². The Morgan fingerprint density at radius 3 is 1.37 bits per heavy atom. The van der Waals surface area contributed by atoms with Crippen molar-refractivity contribution in [2.24, 2.45) is 10.1 Å². The van der Waals surface area contributed by atoms with Crippen LogP contribution in [0.3, 0.4) is 0 Å². The zero-order valence-corrected chi connectivity index (χ0v) is 84.6. The number of hydrogen-bond donors (Lipinski definition) is 4. The van der Waals surface area contributed by atoms with Gasteiger partial charge in [0, 0.05) is 123 Å². The third kappa shape index (κ3) is 33.1. The fraction of sp³-hybridized carbons (Fsp3) is 0.223. The normalized spacial score (nSPS) is 13.5. The molecule has 8 aliphatic rings. The first-order valence-electron chi connectivity index (χ1n) is 42.5. The van der Waals surface area contributed by atoms with E-state index in [0.717, 1.165) is 167 Å². The van der Waals surface area contributed by atoms with Crippen LogP contribution in [0.1, 0.15) is 76.9 Å². The van der Waals surface area contributed by atoms with Crippen molar-refractivity contribution >= 4 is 220 Å². The number of furan rings is 2. The topological polar surface area (TPSA) is 533 Å². The molecule has 1 amide bonds. The van der Waals surface area contributed by atoms with Gasteiger partial charge in [0.05, 0.1) is 130 Å². The summed E-state index contributed by atoms with van der Waals surface area (Å²) < 4.78 is 127. The molecule has 0 radical (unpaired) electrons. The zero-order valence-electron chi connectivity index (χ0n) is 76.0. The Balaban J connectivity index is 0.000000162. The molecule has 0 aliphatic carbocycles. The largest absolute Gasteiger partial charge is 0.500 e. The first-order chi connectivity index (χ1) is 68.9. The number of aromatic amines is 2. The second kappa shape index (κ2) is 54.3. The van der Waals surface area contributed by atoms with Crippen LogP contribution in [0, 0.1) is 5.95 Å². The Bertz CT molecular complexity index is 7170. The van der Waals surface area contributed by atoms with Crippen LogP contribution in [0.25, 0.3) is 97.5 Å². The SMILES string of the molecule is C1=COCC1.CC(=O)[O][Pb]([O]C(C)=O)([O]C(C)=O)[O]C(C)=O.Clc1nc2c(c3ccccc13)OCC2.Clc1nc2ccoc2c2ccccc12.Fc1nc2ccoc2c2ccccc12.Nn1nnc2ccccc21.O=C(C1=COCC1)C(F)(F)F.O=C(O)C1=COCC1.O=C=NC1=COCC1.O=P(Cl)(Cl)Cl.O=c1[nH]c2c(c3ccccc13)OCC2.O=c1[nH]c2c(c3ccccc13)OCC2.[N-]=[N+]=NC(=O)C1=COCC1. The van der Waals surface area contributed by atoms with Crippen molar-refractivity contribution in [2.45, 2.75) is 85.2 Å². The number of nitrogens with zero attached hydrogens (tertiary/aromatic N) is 10. The van der Waals surface area contributed by atoms with Crippen molar-refractivity contribution in [2.75, 3.05) is 58.7 Å². The van der Waals surface area contributed by atoms with Crippen LogP contribution < -0.4 is 31.2 Å². The maximum Gasteiger partial charge on any atom is 0.454 e. The number of benzene rings is 6. The number of ether oxygens (including phenoxy) is 8. The Hall–Kier alpha value is -14.9. The summed E-state index contributed by atoms with van der Waals surface area (Å²) in [5.74, 6) is 0.844. The molecule has 22 rings (SSSR count). The van der Waals surface area contributed by atoms with E-state index in [9.17, 15) is 70.1 Å². The van der Waals surface area contributed by atoms with E-state index >= 15 is 0 Å². The van der Waals surface area contributed by atoms with E-state index in [1.807, 2.05) is 146 Å². The maximum atomic E-state index is 13.4. The van der Waals surface area contributed by atoms with E-state index < -0.39 is 81.8 Å². The molecular weight excluding hydrogens is 2220 g/mol. The molecule has 752 valence electrons. The average Bonchev–Trinajstić information content (AvgIpc) is 1.65. The van der Waals surface area contributed by atoms with Crippen LogP contribution in [-0.4, -0.2) is 175 Å². The predicted octanol–water partition coefficient (Wildman–Crippen LogP) is 19.6. The van der Waals surface area contributed by atoms with Crippen LogP contribution in [0.4, 0.5) is 17.6 Å². The van der Waals surface area contributed by atoms with Gasteiger partial charge in [0.2, 0.25) is 17.9 Å². The Labute approximate surface area is 842 Å². The molecule has 5 N–H and O–H groups in total.